The van der Waals surface area contributed by atoms with Crippen molar-refractivity contribution in [2.24, 2.45) is 11.8 Å². The quantitative estimate of drug-likeness (QED) is 0.213. The summed E-state index contributed by atoms with van der Waals surface area (Å²) in [5, 5.41) is 3.10. The van der Waals surface area contributed by atoms with Gasteiger partial charge in [-0.2, -0.15) is 0 Å². The fourth-order valence-electron chi connectivity index (χ4n) is 3.82. The van der Waals surface area contributed by atoms with Crippen molar-refractivity contribution in [3.05, 3.63) is 59.7 Å². The molecule has 2 aromatic rings. The smallest absolute Gasteiger partial charge is 0.338 e. The van der Waals surface area contributed by atoms with E-state index >= 15 is 0 Å². The van der Waals surface area contributed by atoms with Crippen molar-refractivity contribution in [2.75, 3.05) is 13.7 Å². The molecule has 0 radical (unpaired) electrons. The fourth-order valence-corrected chi connectivity index (χ4v) is 3.82. The van der Waals surface area contributed by atoms with Crippen LogP contribution < -0.4 is 14.8 Å². The van der Waals surface area contributed by atoms with Gasteiger partial charge in [-0.25, -0.2) is 4.79 Å². The molecule has 9 nitrogen and oxygen atoms in total. The Hall–Kier alpha value is -3.72. The molecule has 4 atom stereocenters. The third-order valence-corrected chi connectivity index (χ3v) is 6.77. The number of carbonyl (C=O) groups excluding carboxylic acids is 4. The molecule has 1 N–H and O–H groups in total. The van der Waals surface area contributed by atoms with E-state index in [-0.39, 0.29) is 49.1 Å². The van der Waals surface area contributed by atoms with Crippen LogP contribution in [0.4, 0.5) is 0 Å². The zero-order chi connectivity index (χ0) is 30.4. The molecule has 0 saturated carbocycles. The number of hydrogen-bond donors (Lipinski definition) is 1. The van der Waals surface area contributed by atoms with Crippen LogP contribution >= 0.6 is 0 Å². The number of ether oxygens (including phenoxy) is 4. The zero-order valence-corrected chi connectivity index (χ0v) is 24.9. The van der Waals surface area contributed by atoms with Gasteiger partial charge in [0.05, 0.1) is 12.7 Å². The number of hydrogen-bond acceptors (Lipinski definition) is 9. The Morgan fingerprint density at radius 2 is 1.39 bits per heavy atom. The molecule has 3 unspecified atom stereocenters. The summed E-state index contributed by atoms with van der Waals surface area (Å²) >= 11 is 0. The van der Waals surface area contributed by atoms with E-state index in [2.05, 4.69) is 5.32 Å². The summed E-state index contributed by atoms with van der Waals surface area (Å²) < 4.78 is 21.7. The van der Waals surface area contributed by atoms with Crippen molar-refractivity contribution in [1.29, 1.82) is 0 Å². The normalized spacial score (nSPS) is 13.8. The minimum Gasteiger partial charge on any atom is -0.468 e. The van der Waals surface area contributed by atoms with Gasteiger partial charge in [-0.05, 0) is 55.0 Å². The van der Waals surface area contributed by atoms with Crippen molar-refractivity contribution in [3.63, 3.8) is 0 Å². The van der Waals surface area contributed by atoms with Crippen molar-refractivity contribution in [3.8, 4) is 11.5 Å². The SMILES string of the molecule is CCC(C)CC(=O)Oc1ccc(C[C@H](NCC(C)OC(=O)c2ccccc2)C(=O)OC)cc1OC(=O)CC(C)CC. The van der Waals surface area contributed by atoms with Gasteiger partial charge in [0.2, 0.25) is 0 Å². The van der Waals surface area contributed by atoms with Gasteiger partial charge in [0.1, 0.15) is 12.1 Å². The number of carbonyl (C=O) groups is 4. The minimum atomic E-state index is -0.777. The van der Waals surface area contributed by atoms with Gasteiger partial charge in [0.15, 0.2) is 11.5 Å². The van der Waals surface area contributed by atoms with Crippen molar-refractivity contribution >= 4 is 23.9 Å². The van der Waals surface area contributed by atoms with Crippen LogP contribution in [-0.2, 0) is 30.3 Å². The summed E-state index contributed by atoms with van der Waals surface area (Å²) in [4.78, 5) is 50.0. The molecule has 2 aromatic carbocycles. The molecule has 0 heterocycles. The average molecular weight is 570 g/mol. The molecule has 2 rings (SSSR count). The zero-order valence-electron chi connectivity index (χ0n) is 24.9. The lowest BCUT2D eigenvalue weighted by atomic mass is 10.0. The van der Waals surface area contributed by atoms with Crippen LogP contribution in [0.5, 0.6) is 11.5 Å². The maximum absolute atomic E-state index is 12.6. The van der Waals surface area contributed by atoms with E-state index in [1.165, 1.54) is 7.11 Å². The highest BCUT2D eigenvalue weighted by atomic mass is 16.6. The van der Waals surface area contributed by atoms with Crippen LogP contribution in [0.3, 0.4) is 0 Å². The first kappa shape index (κ1) is 33.5. The van der Waals surface area contributed by atoms with Crippen LogP contribution in [0, 0.1) is 11.8 Å². The molecule has 9 heteroatoms. The standard InChI is InChI=1S/C32H43NO8/c1-7-21(3)16-29(34)40-27-15-14-24(19-28(27)41-30(35)17-22(4)8-2)18-26(32(37)38-6)33-20-23(5)39-31(36)25-12-10-9-11-13-25/h9-15,19,21-23,26,33H,7-8,16-18,20H2,1-6H3/t21?,22?,23?,26-/m0/s1. The second kappa shape index (κ2) is 17.2. The van der Waals surface area contributed by atoms with E-state index in [1.54, 1.807) is 49.4 Å². The van der Waals surface area contributed by atoms with E-state index in [4.69, 9.17) is 18.9 Å². The van der Waals surface area contributed by atoms with Gasteiger partial charge in [-0.15, -0.1) is 0 Å². The Morgan fingerprint density at radius 3 is 1.95 bits per heavy atom. The highest BCUT2D eigenvalue weighted by Crippen LogP contribution is 2.31. The van der Waals surface area contributed by atoms with Crippen LogP contribution in [0.1, 0.15) is 76.2 Å². The summed E-state index contributed by atoms with van der Waals surface area (Å²) in [5.41, 5.74) is 1.08. The summed E-state index contributed by atoms with van der Waals surface area (Å²) in [6, 6.07) is 12.7. The third kappa shape index (κ3) is 11.7. The number of rotatable bonds is 16. The number of benzene rings is 2. The number of nitrogens with one attached hydrogen (secondary N) is 1. The van der Waals surface area contributed by atoms with E-state index in [0.29, 0.717) is 11.1 Å². The molecule has 0 bridgehead atoms. The minimum absolute atomic E-state index is 0.113. The molecule has 0 aromatic heterocycles. The maximum Gasteiger partial charge on any atom is 0.338 e. The Balaban J connectivity index is 2.17. The largest absolute Gasteiger partial charge is 0.468 e. The van der Waals surface area contributed by atoms with Gasteiger partial charge >= 0.3 is 23.9 Å². The third-order valence-electron chi connectivity index (χ3n) is 6.77. The van der Waals surface area contributed by atoms with E-state index in [9.17, 15) is 19.2 Å². The van der Waals surface area contributed by atoms with E-state index in [1.807, 2.05) is 33.8 Å². The van der Waals surface area contributed by atoms with Crippen LogP contribution in [0.25, 0.3) is 0 Å². The molecule has 0 amide bonds. The topological polar surface area (TPSA) is 117 Å². The number of esters is 4. The average Bonchev–Trinajstić information content (AvgIpc) is 2.96. The molecular formula is C32H43NO8. The predicted molar refractivity (Wildman–Crippen MR) is 155 cm³/mol. The van der Waals surface area contributed by atoms with Gasteiger partial charge in [0.25, 0.3) is 0 Å². The molecule has 0 aliphatic rings. The Morgan fingerprint density at radius 1 is 0.805 bits per heavy atom. The maximum atomic E-state index is 12.6. The monoisotopic (exact) mass is 569 g/mol. The Labute approximate surface area is 242 Å². The first-order chi connectivity index (χ1) is 19.6. The molecular weight excluding hydrogens is 526 g/mol. The van der Waals surface area contributed by atoms with Gasteiger partial charge in [0, 0.05) is 19.4 Å². The van der Waals surface area contributed by atoms with Crippen LogP contribution in [0.15, 0.2) is 48.5 Å². The lowest BCUT2D eigenvalue weighted by Gasteiger charge is -2.20. The molecule has 0 spiro atoms. The molecule has 0 saturated heterocycles. The lowest BCUT2D eigenvalue weighted by molar-refractivity contribution is -0.143. The van der Waals surface area contributed by atoms with Crippen LogP contribution in [-0.4, -0.2) is 49.7 Å². The Kier molecular flexibility index (Phi) is 14.0. The van der Waals surface area contributed by atoms with Gasteiger partial charge < -0.3 is 24.3 Å². The lowest BCUT2D eigenvalue weighted by Crippen LogP contribution is -2.43. The molecule has 0 aliphatic heterocycles. The molecule has 41 heavy (non-hydrogen) atoms. The van der Waals surface area contributed by atoms with Gasteiger partial charge in [-0.3, -0.25) is 14.4 Å². The molecule has 0 fully saturated rings. The highest BCUT2D eigenvalue weighted by molar-refractivity contribution is 5.89. The first-order valence-corrected chi connectivity index (χ1v) is 14.2. The molecule has 0 aliphatic carbocycles. The second-order valence-corrected chi connectivity index (χ2v) is 10.4. The fraction of sp³-hybridized carbons (Fsp3) is 0.500. The first-order valence-electron chi connectivity index (χ1n) is 14.2. The summed E-state index contributed by atoms with van der Waals surface area (Å²) in [6.07, 6.45) is 1.75. The summed E-state index contributed by atoms with van der Waals surface area (Å²) in [5.74, 6) is -1.28. The van der Waals surface area contributed by atoms with E-state index < -0.39 is 36.0 Å². The highest BCUT2D eigenvalue weighted by Gasteiger charge is 2.23. The van der Waals surface area contributed by atoms with E-state index in [0.717, 1.165) is 12.8 Å². The van der Waals surface area contributed by atoms with Crippen LogP contribution in [0.2, 0.25) is 0 Å². The molecule has 224 valence electrons. The van der Waals surface area contributed by atoms with Crippen molar-refractivity contribution in [1.82, 2.24) is 5.32 Å². The number of methoxy groups -OCH3 is 1. The summed E-state index contributed by atoms with van der Waals surface area (Å²) in [6.45, 7) is 9.81. The summed E-state index contributed by atoms with van der Waals surface area (Å²) in [7, 11) is 1.29. The second-order valence-electron chi connectivity index (χ2n) is 10.4. The Bertz CT molecular complexity index is 1150. The van der Waals surface area contributed by atoms with Crippen molar-refractivity contribution < 1.29 is 38.1 Å². The van der Waals surface area contributed by atoms with Gasteiger partial charge in [-0.1, -0.05) is 64.8 Å². The predicted octanol–water partition coefficient (Wildman–Crippen LogP) is 5.29. The van der Waals surface area contributed by atoms with Crippen molar-refractivity contribution in [2.45, 2.75) is 78.9 Å².